The second-order valence-corrected chi connectivity index (χ2v) is 4.90. The van der Waals surface area contributed by atoms with Crippen molar-refractivity contribution in [2.75, 3.05) is 6.54 Å². The molecule has 0 atom stereocenters. The van der Waals surface area contributed by atoms with Crippen molar-refractivity contribution in [2.24, 2.45) is 5.92 Å². The largest absolute Gasteiger partial charge is 0.476 e. The zero-order chi connectivity index (χ0) is 13.7. The fourth-order valence-corrected chi connectivity index (χ4v) is 2.39. The molecule has 0 spiro atoms. The van der Waals surface area contributed by atoms with Crippen LogP contribution in [-0.2, 0) is 11.3 Å². The first kappa shape index (κ1) is 13.5. The third-order valence-corrected chi connectivity index (χ3v) is 3.41. The van der Waals surface area contributed by atoms with E-state index >= 15 is 0 Å². The van der Waals surface area contributed by atoms with Crippen LogP contribution in [0.4, 0.5) is 0 Å². The number of nitrogens with zero attached hydrogens (tertiary/aromatic N) is 3. The van der Waals surface area contributed by atoms with Crippen LogP contribution >= 0.6 is 0 Å². The summed E-state index contributed by atoms with van der Waals surface area (Å²) < 4.78 is 1.23. The highest BCUT2D eigenvalue weighted by Crippen LogP contribution is 2.26. The molecule has 0 aromatic carbocycles. The molecule has 1 amide bonds. The number of rotatable bonds is 6. The molecule has 0 bridgehead atoms. The van der Waals surface area contributed by atoms with E-state index in [9.17, 15) is 9.59 Å². The lowest BCUT2D eigenvalue weighted by Gasteiger charge is -2.09. The first-order valence-corrected chi connectivity index (χ1v) is 6.55. The number of carboxylic acid groups (broad SMARTS) is 1. The van der Waals surface area contributed by atoms with Crippen LogP contribution in [0.3, 0.4) is 0 Å². The smallest absolute Gasteiger partial charge is 0.358 e. The van der Waals surface area contributed by atoms with Gasteiger partial charge in [-0.25, -0.2) is 9.48 Å². The second-order valence-electron chi connectivity index (χ2n) is 4.90. The summed E-state index contributed by atoms with van der Waals surface area (Å²) in [6.45, 7) is 0.676. The van der Waals surface area contributed by atoms with Crippen LogP contribution in [0.2, 0.25) is 0 Å². The van der Waals surface area contributed by atoms with Gasteiger partial charge in [0, 0.05) is 6.54 Å². The molecule has 1 aliphatic rings. The average molecular weight is 266 g/mol. The molecule has 0 unspecified atom stereocenters. The van der Waals surface area contributed by atoms with Crippen molar-refractivity contribution in [3.05, 3.63) is 11.9 Å². The molecule has 1 aromatic rings. The molecule has 1 saturated carbocycles. The minimum atomic E-state index is -1.15. The third kappa shape index (κ3) is 4.04. The van der Waals surface area contributed by atoms with Gasteiger partial charge in [-0.2, -0.15) is 0 Å². The highest BCUT2D eigenvalue weighted by Gasteiger charge is 2.15. The Hall–Kier alpha value is -1.92. The molecular weight excluding hydrogens is 248 g/mol. The lowest BCUT2D eigenvalue weighted by molar-refractivity contribution is -0.121. The zero-order valence-electron chi connectivity index (χ0n) is 10.7. The summed E-state index contributed by atoms with van der Waals surface area (Å²) in [5, 5.41) is 18.5. The average Bonchev–Trinajstić information content (AvgIpc) is 3.00. The molecule has 7 heteroatoms. The molecule has 0 aliphatic heterocycles. The number of nitrogens with one attached hydrogen (secondary N) is 1. The Morgan fingerprint density at radius 2 is 2.16 bits per heavy atom. The van der Waals surface area contributed by atoms with Gasteiger partial charge >= 0.3 is 5.97 Å². The van der Waals surface area contributed by atoms with Crippen LogP contribution in [0.1, 0.15) is 42.6 Å². The van der Waals surface area contributed by atoms with Gasteiger partial charge in [-0.05, 0) is 12.3 Å². The first-order valence-electron chi connectivity index (χ1n) is 6.55. The predicted molar refractivity (Wildman–Crippen MR) is 66.6 cm³/mol. The lowest BCUT2D eigenvalue weighted by Crippen LogP contribution is -2.29. The van der Waals surface area contributed by atoms with Crippen molar-refractivity contribution in [3.63, 3.8) is 0 Å². The maximum Gasteiger partial charge on any atom is 0.358 e. The van der Waals surface area contributed by atoms with E-state index in [-0.39, 0.29) is 18.1 Å². The van der Waals surface area contributed by atoms with E-state index in [0.29, 0.717) is 6.54 Å². The molecule has 1 heterocycles. The SMILES string of the molecule is O=C(Cn1cc(C(=O)O)nn1)NCCC1CCCC1. The summed E-state index contributed by atoms with van der Waals surface area (Å²) in [5.41, 5.74) is -0.154. The van der Waals surface area contributed by atoms with Crippen LogP contribution in [-0.4, -0.2) is 38.5 Å². The summed E-state index contributed by atoms with van der Waals surface area (Å²) in [4.78, 5) is 22.2. The van der Waals surface area contributed by atoms with E-state index in [1.807, 2.05) is 0 Å². The molecule has 1 fully saturated rings. The van der Waals surface area contributed by atoms with Crippen molar-refractivity contribution in [1.29, 1.82) is 0 Å². The van der Waals surface area contributed by atoms with E-state index < -0.39 is 5.97 Å². The summed E-state index contributed by atoms with van der Waals surface area (Å²) in [5.74, 6) is -0.571. The predicted octanol–water partition coefficient (Wildman–Crippen LogP) is 0.673. The van der Waals surface area contributed by atoms with Crippen molar-refractivity contribution in [3.8, 4) is 0 Å². The number of carboxylic acids is 1. The Morgan fingerprint density at radius 3 is 2.79 bits per heavy atom. The van der Waals surface area contributed by atoms with E-state index in [2.05, 4.69) is 15.6 Å². The fraction of sp³-hybridized carbons (Fsp3) is 0.667. The number of hydrogen-bond donors (Lipinski definition) is 2. The van der Waals surface area contributed by atoms with Gasteiger partial charge in [0.1, 0.15) is 6.54 Å². The van der Waals surface area contributed by atoms with E-state index in [4.69, 9.17) is 5.11 Å². The van der Waals surface area contributed by atoms with Crippen LogP contribution in [0.15, 0.2) is 6.20 Å². The summed E-state index contributed by atoms with van der Waals surface area (Å²) in [6.07, 6.45) is 7.40. The van der Waals surface area contributed by atoms with E-state index in [0.717, 1.165) is 12.3 Å². The summed E-state index contributed by atoms with van der Waals surface area (Å²) in [7, 11) is 0. The maximum atomic E-state index is 11.6. The van der Waals surface area contributed by atoms with Crippen LogP contribution in [0.25, 0.3) is 0 Å². The number of amides is 1. The zero-order valence-corrected chi connectivity index (χ0v) is 10.7. The number of hydrogen-bond acceptors (Lipinski definition) is 4. The minimum absolute atomic E-state index is 0.00491. The standard InChI is InChI=1S/C12H18N4O3/c17-11(13-6-5-9-3-1-2-4-9)8-16-7-10(12(18)19)14-15-16/h7,9H,1-6,8H2,(H,13,17)(H,18,19). The maximum absolute atomic E-state index is 11.6. The lowest BCUT2D eigenvalue weighted by atomic mass is 10.0. The molecule has 2 N–H and O–H groups in total. The second kappa shape index (κ2) is 6.31. The minimum Gasteiger partial charge on any atom is -0.476 e. The highest BCUT2D eigenvalue weighted by molar-refractivity contribution is 5.84. The molecular formula is C12H18N4O3. The van der Waals surface area contributed by atoms with Gasteiger partial charge in [0.2, 0.25) is 5.91 Å². The van der Waals surface area contributed by atoms with Crippen molar-refractivity contribution in [1.82, 2.24) is 20.3 Å². The van der Waals surface area contributed by atoms with Gasteiger partial charge in [-0.15, -0.1) is 5.10 Å². The van der Waals surface area contributed by atoms with Crippen LogP contribution in [0.5, 0.6) is 0 Å². The van der Waals surface area contributed by atoms with Crippen molar-refractivity contribution < 1.29 is 14.7 Å². The Morgan fingerprint density at radius 1 is 1.42 bits per heavy atom. The number of carbonyl (C=O) groups excluding carboxylic acids is 1. The van der Waals surface area contributed by atoms with Crippen molar-refractivity contribution >= 4 is 11.9 Å². The van der Waals surface area contributed by atoms with Gasteiger partial charge in [0.25, 0.3) is 0 Å². The van der Waals surface area contributed by atoms with Gasteiger partial charge < -0.3 is 10.4 Å². The van der Waals surface area contributed by atoms with Gasteiger partial charge in [-0.3, -0.25) is 4.79 Å². The number of aromatic carboxylic acids is 1. The fourth-order valence-electron chi connectivity index (χ4n) is 2.39. The normalized spacial score (nSPS) is 15.6. The molecule has 104 valence electrons. The van der Waals surface area contributed by atoms with E-state index in [1.54, 1.807) is 0 Å². The Labute approximate surface area is 111 Å². The Kier molecular flexibility index (Phi) is 4.48. The topological polar surface area (TPSA) is 97.1 Å². The van der Waals surface area contributed by atoms with E-state index in [1.165, 1.54) is 36.6 Å². The molecule has 0 saturated heterocycles. The Bertz CT molecular complexity index is 452. The van der Waals surface area contributed by atoms with Gasteiger partial charge in [0.05, 0.1) is 6.20 Å². The molecule has 1 aliphatic carbocycles. The Balaban J connectivity index is 1.69. The van der Waals surface area contributed by atoms with Gasteiger partial charge in [-0.1, -0.05) is 30.9 Å². The summed E-state index contributed by atoms with van der Waals surface area (Å²) in [6, 6.07) is 0. The monoisotopic (exact) mass is 266 g/mol. The third-order valence-electron chi connectivity index (χ3n) is 3.41. The number of aromatic nitrogens is 3. The number of carbonyl (C=O) groups is 2. The quantitative estimate of drug-likeness (QED) is 0.788. The van der Waals surface area contributed by atoms with Crippen LogP contribution < -0.4 is 5.32 Å². The molecule has 19 heavy (non-hydrogen) atoms. The van der Waals surface area contributed by atoms with Crippen LogP contribution in [0, 0.1) is 5.92 Å². The van der Waals surface area contributed by atoms with Crippen molar-refractivity contribution in [2.45, 2.75) is 38.6 Å². The first-order chi connectivity index (χ1) is 9.15. The molecule has 1 aromatic heterocycles. The molecule has 7 nitrogen and oxygen atoms in total. The molecule has 2 rings (SSSR count). The van der Waals surface area contributed by atoms with Gasteiger partial charge in [0.15, 0.2) is 5.69 Å². The highest BCUT2D eigenvalue weighted by atomic mass is 16.4. The summed E-state index contributed by atoms with van der Waals surface area (Å²) >= 11 is 0. The molecule has 0 radical (unpaired) electrons.